The zero-order valence-corrected chi connectivity index (χ0v) is 11.9. The lowest BCUT2D eigenvalue weighted by Crippen LogP contribution is -2.37. The molecule has 6 heteroatoms. The van der Waals surface area contributed by atoms with E-state index in [1.165, 1.54) is 19.5 Å². The Bertz CT molecular complexity index is 406. The Kier molecular flexibility index (Phi) is 7.18. The highest BCUT2D eigenvalue weighted by Crippen LogP contribution is 2.17. The molecule has 0 aromatic heterocycles. The second kappa shape index (κ2) is 8.97. The van der Waals surface area contributed by atoms with Crippen LogP contribution in [0.5, 0.6) is 0 Å². The second-order valence-corrected chi connectivity index (χ2v) is 4.92. The zero-order valence-electron chi connectivity index (χ0n) is 11.9. The Labute approximate surface area is 119 Å². The molecule has 1 saturated carbocycles. The average molecular weight is 278 g/mol. The first kappa shape index (κ1) is 16.0. The number of nitrogens with zero attached hydrogens (tertiary/aromatic N) is 1. The van der Waals surface area contributed by atoms with Crippen LogP contribution in [0.1, 0.15) is 39.0 Å². The van der Waals surface area contributed by atoms with E-state index in [0.717, 1.165) is 25.7 Å². The number of carbonyl (C=O) groups is 2. The van der Waals surface area contributed by atoms with Gasteiger partial charge in [-0.3, -0.25) is 9.59 Å². The van der Waals surface area contributed by atoms with Crippen LogP contribution in [0.3, 0.4) is 0 Å². The van der Waals surface area contributed by atoms with E-state index in [-0.39, 0.29) is 23.4 Å². The molecule has 20 heavy (non-hydrogen) atoms. The molecule has 3 N–H and O–H groups in total. The van der Waals surface area contributed by atoms with E-state index in [9.17, 15) is 9.59 Å². The van der Waals surface area contributed by atoms with Crippen LogP contribution in [-0.2, 0) is 9.59 Å². The maximum absolute atomic E-state index is 11.9. The fraction of sp³-hybridized carbons (Fsp3) is 0.643. The van der Waals surface area contributed by atoms with Crippen molar-refractivity contribution < 1.29 is 9.59 Å². The molecule has 0 saturated heterocycles. The summed E-state index contributed by atoms with van der Waals surface area (Å²) in [5.41, 5.74) is 0.0680. The summed E-state index contributed by atoms with van der Waals surface area (Å²) < 4.78 is 0. The number of rotatable bonds is 6. The lowest BCUT2D eigenvalue weighted by Gasteiger charge is -2.22. The van der Waals surface area contributed by atoms with Gasteiger partial charge in [0, 0.05) is 32.3 Å². The van der Waals surface area contributed by atoms with Gasteiger partial charge in [-0.2, -0.15) is 5.26 Å². The molecule has 1 rings (SSSR count). The highest BCUT2D eigenvalue weighted by Gasteiger charge is 2.17. The van der Waals surface area contributed by atoms with Crippen molar-refractivity contribution in [1.82, 2.24) is 16.0 Å². The van der Waals surface area contributed by atoms with Crippen molar-refractivity contribution in [2.45, 2.75) is 45.1 Å². The van der Waals surface area contributed by atoms with Crippen LogP contribution in [0.2, 0.25) is 0 Å². The predicted octanol–water partition coefficient (Wildman–Crippen LogP) is 0.568. The third-order valence-electron chi connectivity index (χ3n) is 3.20. The first-order valence-corrected chi connectivity index (χ1v) is 7.02. The van der Waals surface area contributed by atoms with Gasteiger partial charge in [-0.1, -0.05) is 19.3 Å². The summed E-state index contributed by atoms with van der Waals surface area (Å²) in [6.45, 7) is 2.37. The Morgan fingerprint density at radius 3 is 2.55 bits per heavy atom. The molecule has 1 aliphatic rings. The largest absolute Gasteiger partial charge is 0.388 e. The number of carbonyl (C=O) groups excluding carboxylic acids is 2. The van der Waals surface area contributed by atoms with Crippen LogP contribution in [0.25, 0.3) is 0 Å². The van der Waals surface area contributed by atoms with Crippen LogP contribution in [-0.4, -0.2) is 30.9 Å². The quantitative estimate of drug-likeness (QED) is 0.376. The molecule has 0 unspecified atom stereocenters. The van der Waals surface area contributed by atoms with Gasteiger partial charge in [-0.25, -0.2) is 0 Å². The minimum Gasteiger partial charge on any atom is -0.388 e. The molecule has 1 aliphatic carbocycles. The van der Waals surface area contributed by atoms with E-state index < -0.39 is 0 Å². The van der Waals surface area contributed by atoms with Crippen LogP contribution in [0.4, 0.5) is 0 Å². The van der Waals surface area contributed by atoms with Crippen molar-refractivity contribution in [3.05, 3.63) is 11.8 Å². The maximum Gasteiger partial charge on any atom is 0.263 e. The first-order chi connectivity index (χ1) is 9.63. The van der Waals surface area contributed by atoms with Gasteiger partial charge in [0.2, 0.25) is 5.91 Å². The molecule has 0 aliphatic heterocycles. The van der Waals surface area contributed by atoms with E-state index >= 15 is 0 Å². The Hall–Kier alpha value is -2.03. The predicted molar refractivity (Wildman–Crippen MR) is 75.4 cm³/mol. The highest BCUT2D eigenvalue weighted by molar-refractivity contribution is 5.97. The fourth-order valence-corrected chi connectivity index (χ4v) is 2.14. The van der Waals surface area contributed by atoms with Gasteiger partial charge in [-0.05, 0) is 12.8 Å². The zero-order chi connectivity index (χ0) is 14.8. The van der Waals surface area contributed by atoms with E-state index in [1.54, 1.807) is 0 Å². The summed E-state index contributed by atoms with van der Waals surface area (Å²) in [5, 5.41) is 17.3. The Morgan fingerprint density at radius 1 is 1.25 bits per heavy atom. The maximum atomic E-state index is 11.9. The standard InChI is InChI=1S/C14H22N4O2/c1-11(19)17-8-7-16-10-12(9-15)14(20)18-13-5-3-2-4-6-13/h10,13,16H,2-8H2,1H3,(H,17,19)(H,18,20)/b12-10-. The van der Waals surface area contributed by atoms with Gasteiger partial charge < -0.3 is 16.0 Å². The average Bonchev–Trinajstić information content (AvgIpc) is 2.43. The summed E-state index contributed by atoms with van der Waals surface area (Å²) in [6.07, 6.45) is 6.86. The van der Waals surface area contributed by atoms with Crippen LogP contribution in [0.15, 0.2) is 11.8 Å². The number of nitrogens with one attached hydrogen (secondary N) is 3. The van der Waals surface area contributed by atoms with Gasteiger partial charge >= 0.3 is 0 Å². The van der Waals surface area contributed by atoms with Crippen molar-refractivity contribution in [2.75, 3.05) is 13.1 Å². The molecule has 0 spiro atoms. The Balaban J connectivity index is 2.34. The molecule has 2 amide bonds. The lowest BCUT2D eigenvalue weighted by molar-refractivity contribution is -0.119. The van der Waals surface area contributed by atoms with E-state index in [0.29, 0.717) is 13.1 Å². The van der Waals surface area contributed by atoms with Crippen molar-refractivity contribution in [3.8, 4) is 6.07 Å². The normalized spacial score (nSPS) is 16.1. The number of amides is 2. The van der Waals surface area contributed by atoms with Gasteiger partial charge in [0.05, 0.1) is 0 Å². The number of nitriles is 1. The van der Waals surface area contributed by atoms with E-state index in [2.05, 4.69) is 16.0 Å². The van der Waals surface area contributed by atoms with Gasteiger partial charge in [0.15, 0.2) is 0 Å². The molecule has 0 aromatic carbocycles. The third-order valence-corrected chi connectivity index (χ3v) is 3.20. The van der Waals surface area contributed by atoms with Crippen LogP contribution < -0.4 is 16.0 Å². The third kappa shape index (κ3) is 6.23. The molecule has 0 aromatic rings. The molecular weight excluding hydrogens is 256 g/mol. The number of hydrogen-bond donors (Lipinski definition) is 3. The van der Waals surface area contributed by atoms with Crippen LogP contribution >= 0.6 is 0 Å². The molecule has 0 heterocycles. The second-order valence-electron chi connectivity index (χ2n) is 4.92. The van der Waals surface area contributed by atoms with Crippen molar-refractivity contribution >= 4 is 11.8 Å². The summed E-state index contributed by atoms with van der Waals surface area (Å²) in [7, 11) is 0. The van der Waals surface area contributed by atoms with E-state index in [1.807, 2.05) is 6.07 Å². The molecule has 6 nitrogen and oxygen atoms in total. The fourth-order valence-electron chi connectivity index (χ4n) is 2.14. The molecule has 0 bridgehead atoms. The Morgan fingerprint density at radius 2 is 1.95 bits per heavy atom. The van der Waals surface area contributed by atoms with Crippen molar-refractivity contribution in [2.24, 2.45) is 0 Å². The SMILES string of the molecule is CC(=O)NCCN/C=C(/C#N)C(=O)NC1CCCCC1. The van der Waals surface area contributed by atoms with Gasteiger partial charge in [-0.15, -0.1) is 0 Å². The number of hydrogen-bond acceptors (Lipinski definition) is 4. The van der Waals surface area contributed by atoms with Crippen LogP contribution in [0, 0.1) is 11.3 Å². The minimum atomic E-state index is -0.327. The molecule has 0 radical (unpaired) electrons. The summed E-state index contributed by atoms with van der Waals surface area (Å²) in [4.78, 5) is 22.6. The minimum absolute atomic E-state index is 0.0680. The monoisotopic (exact) mass is 278 g/mol. The van der Waals surface area contributed by atoms with Crippen molar-refractivity contribution in [1.29, 1.82) is 5.26 Å². The smallest absolute Gasteiger partial charge is 0.263 e. The molecule has 1 fully saturated rings. The van der Waals surface area contributed by atoms with Gasteiger partial charge in [0.1, 0.15) is 11.6 Å². The van der Waals surface area contributed by atoms with Gasteiger partial charge in [0.25, 0.3) is 5.91 Å². The van der Waals surface area contributed by atoms with E-state index in [4.69, 9.17) is 5.26 Å². The topological polar surface area (TPSA) is 94.0 Å². The molecule has 0 atom stereocenters. The van der Waals surface area contributed by atoms with Crippen molar-refractivity contribution in [3.63, 3.8) is 0 Å². The summed E-state index contributed by atoms with van der Waals surface area (Å²) >= 11 is 0. The molecular formula is C14H22N4O2. The first-order valence-electron chi connectivity index (χ1n) is 7.02. The summed E-state index contributed by atoms with van der Waals surface area (Å²) in [5.74, 6) is -0.433. The lowest BCUT2D eigenvalue weighted by atomic mass is 9.95. The summed E-state index contributed by atoms with van der Waals surface area (Å²) in [6, 6.07) is 2.08. The molecule has 110 valence electrons. The highest BCUT2D eigenvalue weighted by atomic mass is 16.2.